The van der Waals surface area contributed by atoms with Crippen molar-refractivity contribution in [1.29, 1.82) is 0 Å². The highest BCUT2D eigenvalue weighted by atomic mass is 35.5. The number of aryl methyl sites for hydroxylation is 1. The average Bonchev–Trinajstić information content (AvgIpc) is 3.14. The maximum atomic E-state index is 13.6. The van der Waals surface area contributed by atoms with E-state index < -0.39 is 5.82 Å². The summed E-state index contributed by atoms with van der Waals surface area (Å²) in [5, 5.41) is 6.88. The molecule has 1 aliphatic rings. The van der Waals surface area contributed by atoms with Gasteiger partial charge in [0, 0.05) is 42.5 Å². The molecule has 1 fully saturated rings. The second kappa shape index (κ2) is 7.81. The Morgan fingerprint density at radius 3 is 2.64 bits per heavy atom. The summed E-state index contributed by atoms with van der Waals surface area (Å²) < 4.78 is 21.2. The highest BCUT2D eigenvalue weighted by molar-refractivity contribution is 6.30. The number of nitrogens with one attached hydrogen (secondary N) is 2. The van der Waals surface area contributed by atoms with Crippen LogP contribution >= 0.6 is 11.6 Å². The molecule has 3 aromatic rings. The topological polar surface area (TPSA) is 51.1 Å². The Morgan fingerprint density at radius 1 is 1.21 bits per heavy atom. The van der Waals surface area contributed by atoms with E-state index in [2.05, 4.69) is 27.1 Å². The van der Waals surface area contributed by atoms with Crippen LogP contribution in [0.15, 0.2) is 55.1 Å². The number of anilines is 3. The first-order chi connectivity index (χ1) is 13.5. The maximum Gasteiger partial charge on any atom is 0.143 e. The van der Waals surface area contributed by atoms with Crippen molar-refractivity contribution < 1.29 is 9.13 Å². The van der Waals surface area contributed by atoms with Crippen LogP contribution < -0.4 is 10.6 Å². The van der Waals surface area contributed by atoms with Gasteiger partial charge < -0.3 is 19.9 Å². The first-order valence-corrected chi connectivity index (χ1v) is 9.51. The molecular formula is C21H22ClFN4O. The van der Waals surface area contributed by atoms with Gasteiger partial charge in [-0.2, -0.15) is 0 Å². The van der Waals surface area contributed by atoms with Crippen LogP contribution in [0.1, 0.15) is 5.56 Å². The van der Waals surface area contributed by atoms with E-state index in [1.54, 1.807) is 18.3 Å². The van der Waals surface area contributed by atoms with Crippen molar-refractivity contribution in [3.63, 3.8) is 0 Å². The summed E-state index contributed by atoms with van der Waals surface area (Å²) in [5.74, 6) is -0.437. The first-order valence-electron chi connectivity index (χ1n) is 9.13. The molecule has 146 valence electrons. The van der Waals surface area contributed by atoms with Crippen molar-refractivity contribution in [3.8, 4) is 0 Å². The highest BCUT2D eigenvalue weighted by Gasteiger charge is 2.38. The Bertz CT molecular complexity index is 957. The van der Waals surface area contributed by atoms with Crippen LogP contribution in [0.2, 0.25) is 5.02 Å². The lowest BCUT2D eigenvalue weighted by atomic mass is 9.85. The largest absolute Gasteiger partial charge is 0.384 e. The molecule has 5 nitrogen and oxygen atoms in total. The Morgan fingerprint density at radius 2 is 2.00 bits per heavy atom. The minimum atomic E-state index is -0.437. The van der Waals surface area contributed by atoms with Gasteiger partial charge in [-0.15, -0.1) is 0 Å². The summed E-state index contributed by atoms with van der Waals surface area (Å²) in [6.07, 6.45) is 5.61. The molecule has 0 amide bonds. The molecule has 7 heteroatoms. The van der Waals surface area contributed by atoms with Crippen LogP contribution in [-0.2, 0) is 11.3 Å². The first kappa shape index (κ1) is 18.8. The Kier molecular flexibility index (Phi) is 5.24. The molecule has 0 radical (unpaired) electrons. The van der Waals surface area contributed by atoms with Gasteiger partial charge in [-0.05, 0) is 48.9 Å². The zero-order valence-corrected chi connectivity index (χ0v) is 16.3. The van der Waals surface area contributed by atoms with Crippen LogP contribution in [0.4, 0.5) is 21.5 Å². The third kappa shape index (κ3) is 4.13. The van der Waals surface area contributed by atoms with Crippen LogP contribution in [0.5, 0.6) is 0 Å². The van der Waals surface area contributed by atoms with E-state index in [0.717, 1.165) is 43.2 Å². The number of benzene rings is 2. The van der Waals surface area contributed by atoms with Gasteiger partial charge in [-0.25, -0.2) is 9.37 Å². The maximum absolute atomic E-state index is 13.6. The summed E-state index contributed by atoms with van der Waals surface area (Å²) in [7, 11) is 0. The number of hydrogen-bond donors (Lipinski definition) is 2. The minimum absolute atomic E-state index is 0.0743. The van der Waals surface area contributed by atoms with Crippen molar-refractivity contribution >= 4 is 28.7 Å². The summed E-state index contributed by atoms with van der Waals surface area (Å²) in [4.78, 5) is 4.12. The smallest absolute Gasteiger partial charge is 0.143 e. The fraction of sp³-hybridized carbons (Fsp3) is 0.286. The SMILES string of the molecule is Cc1cc(Nc2ccc(Cl)c(F)c2)ccc1NCC1(Cn2ccnc2)COC1. The molecule has 2 heterocycles. The second-order valence-electron chi connectivity index (χ2n) is 7.36. The van der Waals surface area contributed by atoms with Gasteiger partial charge in [0.25, 0.3) is 0 Å². The monoisotopic (exact) mass is 400 g/mol. The molecule has 1 aromatic heterocycles. The third-order valence-corrected chi connectivity index (χ3v) is 5.29. The van der Waals surface area contributed by atoms with Crippen LogP contribution in [0.25, 0.3) is 0 Å². The predicted molar refractivity (Wildman–Crippen MR) is 110 cm³/mol. The summed E-state index contributed by atoms with van der Waals surface area (Å²) >= 11 is 5.74. The number of rotatable bonds is 7. The van der Waals surface area contributed by atoms with Crippen molar-refractivity contribution in [2.75, 3.05) is 30.4 Å². The van der Waals surface area contributed by atoms with Crippen molar-refractivity contribution in [2.45, 2.75) is 13.5 Å². The van der Waals surface area contributed by atoms with Crippen LogP contribution in [-0.4, -0.2) is 29.3 Å². The van der Waals surface area contributed by atoms with E-state index >= 15 is 0 Å². The molecular weight excluding hydrogens is 379 g/mol. The lowest BCUT2D eigenvalue weighted by Gasteiger charge is -2.42. The number of imidazole rings is 1. The number of ether oxygens (including phenoxy) is 1. The summed E-state index contributed by atoms with van der Waals surface area (Å²) in [6, 6.07) is 10.7. The highest BCUT2D eigenvalue weighted by Crippen LogP contribution is 2.31. The average molecular weight is 401 g/mol. The van der Waals surface area contributed by atoms with Gasteiger partial charge in [0.2, 0.25) is 0 Å². The number of nitrogens with zero attached hydrogens (tertiary/aromatic N) is 2. The van der Waals surface area contributed by atoms with E-state index in [9.17, 15) is 4.39 Å². The minimum Gasteiger partial charge on any atom is -0.384 e. The molecule has 0 spiro atoms. The molecule has 0 unspecified atom stereocenters. The fourth-order valence-electron chi connectivity index (χ4n) is 3.37. The molecule has 1 aliphatic heterocycles. The van der Waals surface area contributed by atoms with Crippen molar-refractivity contribution in [1.82, 2.24) is 9.55 Å². The zero-order chi connectivity index (χ0) is 19.6. The van der Waals surface area contributed by atoms with Gasteiger partial charge in [0.05, 0.1) is 30.0 Å². The Labute approximate surface area is 168 Å². The van der Waals surface area contributed by atoms with E-state index in [0.29, 0.717) is 5.69 Å². The molecule has 1 saturated heterocycles. The molecule has 2 aromatic carbocycles. The van der Waals surface area contributed by atoms with Gasteiger partial charge >= 0.3 is 0 Å². The number of aromatic nitrogens is 2. The second-order valence-corrected chi connectivity index (χ2v) is 7.77. The van der Waals surface area contributed by atoms with Crippen molar-refractivity contribution in [2.24, 2.45) is 5.41 Å². The molecule has 0 atom stereocenters. The standard InChI is InChI=1S/C21H22ClFN4O/c1-15-8-16(26-17-2-4-18(22)19(23)9-17)3-5-20(15)25-10-21(12-28-13-21)11-27-7-6-24-14-27/h2-9,14,25-26H,10-13H2,1H3. The lowest BCUT2D eigenvalue weighted by molar-refractivity contribution is -0.113. The summed E-state index contributed by atoms with van der Waals surface area (Å²) in [5.41, 5.74) is 3.81. The molecule has 2 N–H and O–H groups in total. The fourth-order valence-corrected chi connectivity index (χ4v) is 3.49. The number of halogens is 2. The summed E-state index contributed by atoms with van der Waals surface area (Å²) in [6.45, 7) is 5.22. The quantitative estimate of drug-likeness (QED) is 0.595. The van der Waals surface area contributed by atoms with Crippen LogP contribution in [0, 0.1) is 18.2 Å². The molecule has 0 bridgehead atoms. The van der Waals surface area contributed by atoms with Gasteiger partial charge in [-0.1, -0.05) is 11.6 Å². The van der Waals surface area contributed by atoms with Crippen LogP contribution in [0.3, 0.4) is 0 Å². The molecule has 0 saturated carbocycles. The van der Waals surface area contributed by atoms with E-state index in [1.165, 1.54) is 6.07 Å². The third-order valence-electron chi connectivity index (χ3n) is 4.98. The number of hydrogen-bond acceptors (Lipinski definition) is 4. The zero-order valence-electron chi connectivity index (χ0n) is 15.6. The normalized spacial score (nSPS) is 15.1. The lowest BCUT2D eigenvalue weighted by Crippen LogP contribution is -2.50. The van der Waals surface area contributed by atoms with E-state index in [-0.39, 0.29) is 10.4 Å². The van der Waals surface area contributed by atoms with Gasteiger partial charge in [-0.3, -0.25) is 0 Å². The Balaban J connectivity index is 1.41. The van der Waals surface area contributed by atoms with Gasteiger partial charge in [0.1, 0.15) is 5.82 Å². The Hall–Kier alpha value is -2.57. The van der Waals surface area contributed by atoms with E-state index in [4.69, 9.17) is 16.3 Å². The molecule has 0 aliphatic carbocycles. The predicted octanol–water partition coefficient (Wildman–Crippen LogP) is 4.86. The molecule has 28 heavy (non-hydrogen) atoms. The van der Waals surface area contributed by atoms with E-state index in [1.807, 2.05) is 30.7 Å². The molecule has 4 rings (SSSR count). The van der Waals surface area contributed by atoms with Crippen molar-refractivity contribution in [3.05, 3.63) is 71.5 Å². The van der Waals surface area contributed by atoms with Gasteiger partial charge in [0.15, 0.2) is 0 Å².